The van der Waals surface area contributed by atoms with Crippen LogP contribution in [0.5, 0.6) is 17.2 Å². The van der Waals surface area contributed by atoms with Gasteiger partial charge >= 0.3 is 5.97 Å². The van der Waals surface area contributed by atoms with E-state index in [9.17, 15) is 9.90 Å². The van der Waals surface area contributed by atoms with E-state index in [1.807, 2.05) is 36.5 Å². The summed E-state index contributed by atoms with van der Waals surface area (Å²) >= 11 is 6.28. The number of fused-ring (bicyclic) bond motifs is 4. The lowest BCUT2D eigenvalue weighted by atomic mass is 9.59. The van der Waals surface area contributed by atoms with Crippen LogP contribution in [0, 0.1) is 17.8 Å². The number of aromatic nitrogens is 1. The van der Waals surface area contributed by atoms with E-state index in [0.29, 0.717) is 61.4 Å². The highest BCUT2D eigenvalue weighted by Gasteiger charge is 2.54. The monoisotopic (exact) mass is 672 g/mol. The van der Waals surface area contributed by atoms with E-state index >= 15 is 0 Å². The fourth-order valence-corrected chi connectivity index (χ4v) is 9.23. The summed E-state index contributed by atoms with van der Waals surface area (Å²) in [6, 6.07) is 13.9. The van der Waals surface area contributed by atoms with Gasteiger partial charge in [0, 0.05) is 34.1 Å². The van der Waals surface area contributed by atoms with Crippen molar-refractivity contribution < 1.29 is 24.1 Å². The molecule has 2 aromatic carbocycles. The van der Waals surface area contributed by atoms with Crippen molar-refractivity contribution in [2.75, 3.05) is 25.1 Å². The molecule has 3 aliphatic carbocycles. The third kappa shape index (κ3) is 6.23. The molecule has 0 radical (unpaired) electrons. The number of nitrogens with zero attached hydrogens (tertiary/aromatic N) is 1. The minimum Gasteiger partial charge on any atom is -0.493 e. The molecule has 1 aromatic heterocycles. The van der Waals surface area contributed by atoms with E-state index in [1.54, 1.807) is 0 Å². The largest absolute Gasteiger partial charge is 0.493 e. The number of rotatable bonds is 9. The van der Waals surface area contributed by atoms with Gasteiger partial charge in [0.25, 0.3) is 0 Å². The first-order valence-corrected chi connectivity index (χ1v) is 18.4. The summed E-state index contributed by atoms with van der Waals surface area (Å²) in [5.41, 5.74) is 4.63. The highest BCUT2D eigenvalue weighted by molar-refractivity contribution is 6.30. The molecule has 1 saturated carbocycles. The number of carboxylic acids is 1. The van der Waals surface area contributed by atoms with Crippen molar-refractivity contribution in [3.63, 3.8) is 0 Å². The molecule has 8 heteroatoms. The van der Waals surface area contributed by atoms with Gasteiger partial charge in [-0.1, -0.05) is 38.4 Å². The molecule has 0 saturated heterocycles. The first-order chi connectivity index (χ1) is 23.2. The molecule has 1 fully saturated rings. The molecule has 7 nitrogen and oxygen atoms in total. The Labute approximate surface area is 289 Å². The van der Waals surface area contributed by atoms with Gasteiger partial charge in [-0.2, -0.15) is 0 Å². The number of hydrogen-bond acceptors (Lipinski definition) is 6. The lowest BCUT2D eigenvalue weighted by molar-refractivity contribution is -0.144. The Morgan fingerprint density at radius 3 is 2.62 bits per heavy atom. The molecule has 2 unspecified atom stereocenters. The summed E-state index contributed by atoms with van der Waals surface area (Å²) in [4.78, 5) is 17.6. The SMILES string of the molecule is CCC1COc2cc3c(cc2OC1)C1(CCC(Nc2cccc(Cl)c2)(C(=O)O)CC1)C(C[C@@H](C)COc1ccnc2c1[C@H](C)CCC2)C3. The molecule has 0 amide bonds. The van der Waals surface area contributed by atoms with Gasteiger partial charge in [-0.3, -0.25) is 4.98 Å². The molecule has 2 N–H and O–H groups in total. The predicted octanol–water partition coefficient (Wildman–Crippen LogP) is 9.00. The number of aryl methyl sites for hydroxylation is 1. The number of halogens is 1. The van der Waals surface area contributed by atoms with Crippen LogP contribution < -0.4 is 19.5 Å². The molecule has 7 rings (SSSR count). The zero-order valence-electron chi connectivity index (χ0n) is 28.5. The van der Waals surface area contributed by atoms with Crippen LogP contribution >= 0.6 is 11.6 Å². The number of benzene rings is 2. The third-order valence-electron chi connectivity index (χ3n) is 11.9. The normalized spacial score (nSPS) is 28.2. The van der Waals surface area contributed by atoms with Crippen LogP contribution in [-0.2, 0) is 23.1 Å². The van der Waals surface area contributed by atoms with Crippen LogP contribution in [0.3, 0.4) is 0 Å². The summed E-state index contributed by atoms with van der Waals surface area (Å²) in [5.74, 6) is 3.34. The Morgan fingerprint density at radius 2 is 1.90 bits per heavy atom. The van der Waals surface area contributed by atoms with Gasteiger partial charge in [0.1, 0.15) is 11.3 Å². The quantitative estimate of drug-likeness (QED) is 0.234. The maximum absolute atomic E-state index is 13.0. The molecular weight excluding hydrogens is 624 g/mol. The standard InChI is InChI=1S/C40H49ClN2O5/c1-4-27-23-47-35-19-28-18-29(17-25(2)22-46-34-11-16-42-33-10-5-7-26(3)37(33)34)39(32(28)21-36(35)48-24-27)12-14-40(15-13-39,38(44)45)43-31-9-6-8-30(41)20-31/h6,8-9,11,16,19-21,25-27,29,43H,4-5,7,10,12-15,17-18,22-24H2,1-3H3,(H,44,45)/t25-,26-,27?,29?,39?,40?/m1/s1. The molecule has 4 aliphatic rings. The maximum atomic E-state index is 13.0. The zero-order chi connectivity index (χ0) is 33.5. The minimum absolute atomic E-state index is 0.155. The molecule has 2 heterocycles. The van der Waals surface area contributed by atoms with Gasteiger partial charge in [-0.15, -0.1) is 0 Å². The highest BCUT2D eigenvalue weighted by atomic mass is 35.5. The number of carboxylic acid groups (broad SMARTS) is 1. The molecular formula is C40H49ClN2O5. The number of hydrogen-bond donors (Lipinski definition) is 2. The summed E-state index contributed by atoms with van der Waals surface area (Å²) < 4.78 is 19.3. The van der Waals surface area contributed by atoms with Crippen molar-refractivity contribution in [1.29, 1.82) is 0 Å². The van der Waals surface area contributed by atoms with Gasteiger partial charge in [0.15, 0.2) is 11.5 Å². The van der Waals surface area contributed by atoms with E-state index < -0.39 is 11.5 Å². The smallest absolute Gasteiger partial charge is 0.329 e. The van der Waals surface area contributed by atoms with Crippen molar-refractivity contribution in [3.05, 3.63) is 76.1 Å². The fraction of sp³-hybridized carbons (Fsp3) is 0.550. The number of aliphatic carboxylic acids is 1. The average molecular weight is 673 g/mol. The van der Waals surface area contributed by atoms with Crippen LogP contribution in [0.15, 0.2) is 48.7 Å². The average Bonchev–Trinajstić information content (AvgIpc) is 3.20. The van der Waals surface area contributed by atoms with Crippen LogP contribution in [0.4, 0.5) is 5.69 Å². The number of ether oxygens (including phenoxy) is 3. The second-order valence-corrected chi connectivity index (χ2v) is 15.5. The van der Waals surface area contributed by atoms with E-state index in [1.165, 1.54) is 35.2 Å². The molecule has 1 spiro atoms. The summed E-state index contributed by atoms with van der Waals surface area (Å²) in [5, 5.41) is 14.6. The zero-order valence-corrected chi connectivity index (χ0v) is 29.3. The van der Waals surface area contributed by atoms with Crippen molar-refractivity contribution in [2.45, 2.75) is 102 Å². The first kappa shape index (κ1) is 33.1. The van der Waals surface area contributed by atoms with E-state index in [4.69, 9.17) is 25.8 Å². The topological polar surface area (TPSA) is 89.9 Å². The Morgan fingerprint density at radius 1 is 1.12 bits per heavy atom. The van der Waals surface area contributed by atoms with E-state index in [2.05, 4.69) is 43.2 Å². The first-order valence-electron chi connectivity index (χ1n) is 18.0. The molecule has 0 bridgehead atoms. The van der Waals surface area contributed by atoms with Gasteiger partial charge in [0.05, 0.1) is 19.8 Å². The van der Waals surface area contributed by atoms with Crippen LogP contribution in [0.1, 0.15) is 100 Å². The Bertz CT molecular complexity index is 1650. The Hall–Kier alpha value is -3.45. The van der Waals surface area contributed by atoms with Crippen LogP contribution in [0.2, 0.25) is 5.02 Å². The third-order valence-corrected chi connectivity index (χ3v) is 12.1. The highest BCUT2D eigenvalue weighted by Crippen LogP contribution is 2.58. The number of nitrogens with one attached hydrogen (secondary N) is 1. The number of carbonyl (C=O) groups is 1. The van der Waals surface area contributed by atoms with Crippen molar-refractivity contribution in [1.82, 2.24) is 4.98 Å². The maximum Gasteiger partial charge on any atom is 0.329 e. The molecule has 4 atom stereocenters. The van der Waals surface area contributed by atoms with Crippen molar-refractivity contribution in [3.8, 4) is 17.2 Å². The second-order valence-electron chi connectivity index (χ2n) is 15.0. The second kappa shape index (κ2) is 13.5. The summed E-state index contributed by atoms with van der Waals surface area (Å²) in [6.45, 7) is 8.72. The molecule has 1 aliphatic heterocycles. The van der Waals surface area contributed by atoms with Gasteiger partial charge in [-0.25, -0.2) is 4.79 Å². The van der Waals surface area contributed by atoms with Gasteiger partial charge in [0.2, 0.25) is 0 Å². The minimum atomic E-state index is -1.06. The van der Waals surface area contributed by atoms with Crippen molar-refractivity contribution >= 4 is 23.3 Å². The molecule has 3 aromatic rings. The lowest BCUT2D eigenvalue weighted by Gasteiger charge is -2.47. The summed E-state index contributed by atoms with van der Waals surface area (Å²) in [7, 11) is 0. The number of anilines is 1. The van der Waals surface area contributed by atoms with Crippen LogP contribution in [-0.4, -0.2) is 41.4 Å². The van der Waals surface area contributed by atoms with Gasteiger partial charge < -0.3 is 24.6 Å². The lowest BCUT2D eigenvalue weighted by Crippen LogP contribution is -2.53. The fourth-order valence-electron chi connectivity index (χ4n) is 9.04. The van der Waals surface area contributed by atoms with Crippen LogP contribution in [0.25, 0.3) is 0 Å². The molecule has 256 valence electrons. The predicted molar refractivity (Wildman–Crippen MR) is 189 cm³/mol. The number of pyridine rings is 1. The Balaban J connectivity index is 1.15. The molecule has 48 heavy (non-hydrogen) atoms. The van der Waals surface area contributed by atoms with E-state index in [-0.39, 0.29) is 5.41 Å². The summed E-state index contributed by atoms with van der Waals surface area (Å²) in [6.07, 6.45) is 10.8. The Kier molecular flexibility index (Phi) is 9.27. The van der Waals surface area contributed by atoms with Gasteiger partial charge in [-0.05, 0) is 135 Å². The van der Waals surface area contributed by atoms with E-state index in [0.717, 1.165) is 61.5 Å². The van der Waals surface area contributed by atoms with Crippen molar-refractivity contribution in [2.24, 2.45) is 17.8 Å².